The van der Waals surface area contributed by atoms with Crippen molar-refractivity contribution in [2.75, 3.05) is 19.1 Å². The summed E-state index contributed by atoms with van der Waals surface area (Å²) in [7, 11) is 3.36. The predicted octanol–water partition coefficient (Wildman–Crippen LogP) is 2.12. The lowest BCUT2D eigenvalue weighted by atomic mass is 10.2. The number of thioether (sulfide) groups is 1. The third-order valence-electron chi connectivity index (χ3n) is 3.70. The van der Waals surface area contributed by atoms with Gasteiger partial charge in [-0.3, -0.25) is 4.79 Å². The number of amides is 1. The number of fused-ring (bicyclic) bond motifs is 1. The first-order chi connectivity index (χ1) is 11.0. The first kappa shape index (κ1) is 17.2. The molecule has 1 atom stereocenters. The van der Waals surface area contributed by atoms with E-state index in [0.29, 0.717) is 23.6 Å². The number of hydrogen-bond donors (Lipinski definition) is 2. The largest absolute Gasteiger partial charge is 0.497 e. The van der Waals surface area contributed by atoms with Crippen LogP contribution in [0, 0.1) is 0 Å². The molecule has 0 aliphatic rings. The van der Waals surface area contributed by atoms with Crippen molar-refractivity contribution in [3.05, 3.63) is 30.0 Å². The standard InChI is InChI=1S/C16H20N2O4S/c1-18-13-5-4-11(22-2)8-10(13)9-14(18)15(19)17-12(16(20)21)6-7-23-3/h4-5,8-9,12H,6-7H2,1-3H3,(H,17,19)(H,20,21)/t12-/m0/s1. The minimum atomic E-state index is -1.02. The number of aryl methyl sites for hydroxylation is 1. The third-order valence-corrected chi connectivity index (χ3v) is 4.34. The first-order valence-corrected chi connectivity index (χ1v) is 8.53. The van der Waals surface area contributed by atoms with Crippen LogP contribution in [-0.2, 0) is 11.8 Å². The van der Waals surface area contributed by atoms with Crippen LogP contribution in [0.25, 0.3) is 10.9 Å². The summed E-state index contributed by atoms with van der Waals surface area (Å²) < 4.78 is 6.93. The number of carboxylic acid groups (broad SMARTS) is 1. The van der Waals surface area contributed by atoms with Crippen LogP contribution < -0.4 is 10.1 Å². The van der Waals surface area contributed by atoms with E-state index in [1.165, 1.54) is 0 Å². The number of carbonyl (C=O) groups is 2. The summed E-state index contributed by atoms with van der Waals surface area (Å²) in [4.78, 5) is 23.7. The number of methoxy groups -OCH3 is 1. The molecule has 0 fully saturated rings. The van der Waals surface area contributed by atoms with Gasteiger partial charge in [-0.1, -0.05) is 0 Å². The molecule has 0 aliphatic heterocycles. The molecule has 7 heteroatoms. The predicted molar refractivity (Wildman–Crippen MR) is 91.4 cm³/mol. The number of carbonyl (C=O) groups excluding carboxylic acids is 1. The number of aromatic nitrogens is 1. The summed E-state index contributed by atoms with van der Waals surface area (Å²) in [5.41, 5.74) is 1.30. The highest BCUT2D eigenvalue weighted by atomic mass is 32.2. The molecule has 2 aromatic rings. The second-order valence-electron chi connectivity index (χ2n) is 5.16. The molecule has 0 radical (unpaired) electrons. The van der Waals surface area contributed by atoms with E-state index < -0.39 is 17.9 Å². The number of nitrogens with zero attached hydrogens (tertiary/aromatic N) is 1. The maximum absolute atomic E-state index is 12.4. The van der Waals surface area contributed by atoms with Gasteiger partial charge in [-0.15, -0.1) is 0 Å². The number of carboxylic acids is 1. The second-order valence-corrected chi connectivity index (χ2v) is 6.14. The zero-order valence-electron chi connectivity index (χ0n) is 13.3. The van der Waals surface area contributed by atoms with Crippen LogP contribution in [0.4, 0.5) is 0 Å². The van der Waals surface area contributed by atoms with Gasteiger partial charge in [0.05, 0.1) is 7.11 Å². The minimum absolute atomic E-state index is 0.389. The fourth-order valence-corrected chi connectivity index (χ4v) is 2.87. The normalized spacial score (nSPS) is 12.1. The van der Waals surface area contributed by atoms with Crippen molar-refractivity contribution in [1.29, 1.82) is 0 Å². The van der Waals surface area contributed by atoms with E-state index in [9.17, 15) is 14.7 Å². The quantitative estimate of drug-likeness (QED) is 0.809. The van der Waals surface area contributed by atoms with Crippen molar-refractivity contribution < 1.29 is 19.4 Å². The maximum Gasteiger partial charge on any atom is 0.326 e. The molecule has 0 bridgehead atoms. The molecule has 1 aromatic heterocycles. The second kappa shape index (κ2) is 7.41. The number of benzene rings is 1. The zero-order chi connectivity index (χ0) is 17.0. The van der Waals surface area contributed by atoms with Crippen LogP contribution in [0.3, 0.4) is 0 Å². The van der Waals surface area contributed by atoms with E-state index in [1.807, 2.05) is 24.5 Å². The molecule has 1 amide bonds. The topological polar surface area (TPSA) is 80.6 Å². The Morgan fingerprint density at radius 1 is 1.39 bits per heavy atom. The SMILES string of the molecule is COc1ccc2c(c1)cc(C(=O)N[C@@H](CCSC)C(=O)O)n2C. The molecule has 6 nitrogen and oxygen atoms in total. The van der Waals surface area contributed by atoms with Crippen LogP contribution in [0.2, 0.25) is 0 Å². The van der Waals surface area contributed by atoms with Crippen molar-refractivity contribution in [3.63, 3.8) is 0 Å². The third kappa shape index (κ3) is 3.79. The van der Waals surface area contributed by atoms with Crippen molar-refractivity contribution >= 4 is 34.5 Å². The Balaban J connectivity index is 2.26. The van der Waals surface area contributed by atoms with E-state index in [0.717, 1.165) is 10.9 Å². The van der Waals surface area contributed by atoms with Crippen LogP contribution >= 0.6 is 11.8 Å². The Hall–Kier alpha value is -2.15. The Bertz CT molecular complexity index is 726. The van der Waals surface area contributed by atoms with Crippen LogP contribution in [0.5, 0.6) is 5.75 Å². The highest BCUT2D eigenvalue weighted by Crippen LogP contribution is 2.23. The van der Waals surface area contributed by atoms with Gasteiger partial charge in [-0.2, -0.15) is 11.8 Å². The fraction of sp³-hybridized carbons (Fsp3) is 0.375. The summed E-state index contributed by atoms with van der Waals surface area (Å²) in [5, 5.41) is 12.7. The van der Waals surface area contributed by atoms with Gasteiger partial charge in [0.2, 0.25) is 0 Å². The Morgan fingerprint density at radius 2 is 2.13 bits per heavy atom. The van der Waals surface area contributed by atoms with Gasteiger partial charge in [0, 0.05) is 18.0 Å². The van der Waals surface area contributed by atoms with Crippen molar-refractivity contribution in [2.45, 2.75) is 12.5 Å². The van der Waals surface area contributed by atoms with E-state index in [1.54, 1.807) is 36.6 Å². The smallest absolute Gasteiger partial charge is 0.326 e. The van der Waals surface area contributed by atoms with Crippen molar-refractivity contribution in [3.8, 4) is 5.75 Å². The molecule has 23 heavy (non-hydrogen) atoms. The Morgan fingerprint density at radius 3 is 2.74 bits per heavy atom. The Kier molecular flexibility index (Phi) is 5.54. The first-order valence-electron chi connectivity index (χ1n) is 7.14. The molecule has 2 rings (SSSR count). The van der Waals surface area contributed by atoms with Gasteiger partial charge in [-0.25, -0.2) is 4.79 Å². The summed E-state index contributed by atoms with van der Waals surface area (Å²) in [6.07, 6.45) is 2.29. The van der Waals surface area contributed by atoms with E-state index >= 15 is 0 Å². The molecule has 0 unspecified atom stereocenters. The van der Waals surface area contributed by atoms with Gasteiger partial charge in [0.25, 0.3) is 5.91 Å². The van der Waals surface area contributed by atoms with Crippen molar-refractivity contribution in [2.24, 2.45) is 7.05 Å². The highest BCUT2D eigenvalue weighted by Gasteiger charge is 2.22. The van der Waals surface area contributed by atoms with E-state index in [2.05, 4.69) is 5.32 Å². The fourth-order valence-electron chi connectivity index (χ4n) is 2.40. The zero-order valence-corrected chi connectivity index (χ0v) is 14.1. The van der Waals surface area contributed by atoms with Crippen LogP contribution in [0.1, 0.15) is 16.9 Å². The highest BCUT2D eigenvalue weighted by molar-refractivity contribution is 7.98. The number of aliphatic carboxylic acids is 1. The van der Waals surface area contributed by atoms with Gasteiger partial charge in [0.15, 0.2) is 0 Å². The summed E-state index contributed by atoms with van der Waals surface area (Å²) in [5.74, 6) is -0.0359. The molecule has 124 valence electrons. The number of ether oxygens (including phenoxy) is 1. The number of hydrogen-bond acceptors (Lipinski definition) is 4. The molecular weight excluding hydrogens is 316 g/mol. The van der Waals surface area contributed by atoms with Crippen LogP contribution in [-0.4, -0.2) is 46.7 Å². The van der Waals surface area contributed by atoms with Crippen molar-refractivity contribution in [1.82, 2.24) is 9.88 Å². The summed E-state index contributed by atoms with van der Waals surface area (Å²) in [6, 6.07) is 6.38. The monoisotopic (exact) mass is 336 g/mol. The lowest BCUT2D eigenvalue weighted by Crippen LogP contribution is -2.41. The molecule has 0 aliphatic carbocycles. The molecule has 1 aromatic carbocycles. The molecule has 0 saturated carbocycles. The Labute approximate surface area is 138 Å². The molecule has 0 saturated heterocycles. The lowest BCUT2D eigenvalue weighted by Gasteiger charge is -2.14. The average Bonchev–Trinajstić information content (AvgIpc) is 2.87. The summed E-state index contributed by atoms with van der Waals surface area (Å²) in [6.45, 7) is 0. The van der Waals surface area contributed by atoms with E-state index in [-0.39, 0.29) is 0 Å². The van der Waals surface area contributed by atoms with Crippen LogP contribution in [0.15, 0.2) is 24.3 Å². The maximum atomic E-state index is 12.4. The van der Waals surface area contributed by atoms with Gasteiger partial charge >= 0.3 is 5.97 Å². The van der Waals surface area contributed by atoms with E-state index in [4.69, 9.17) is 4.74 Å². The molecule has 0 spiro atoms. The number of nitrogens with one attached hydrogen (secondary N) is 1. The summed E-state index contributed by atoms with van der Waals surface area (Å²) >= 11 is 1.55. The minimum Gasteiger partial charge on any atom is -0.497 e. The van der Waals surface area contributed by atoms with Gasteiger partial charge < -0.3 is 19.7 Å². The average molecular weight is 336 g/mol. The lowest BCUT2D eigenvalue weighted by molar-refractivity contribution is -0.139. The number of rotatable bonds is 7. The molecular formula is C16H20N2O4S. The molecule has 1 heterocycles. The molecule has 2 N–H and O–H groups in total. The van der Waals surface area contributed by atoms with Gasteiger partial charge in [0.1, 0.15) is 17.5 Å². The van der Waals surface area contributed by atoms with Gasteiger partial charge in [-0.05, 0) is 42.7 Å².